The third-order valence-electron chi connectivity index (χ3n) is 4.14. The zero-order valence-corrected chi connectivity index (χ0v) is 15.7. The highest BCUT2D eigenvalue weighted by molar-refractivity contribution is 5.79. The normalized spacial score (nSPS) is 10.4. The molecular formula is C19H18N2O7. The molecular weight excluding hydrogens is 368 g/mol. The van der Waals surface area contributed by atoms with Gasteiger partial charge in [-0.3, -0.25) is 10.1 Å². The predicted octanol–water partition coefficient (Wildman–Crippen LogP) is 3.95. The molecule has 1 heterocycles. The van der Waals surface area contributed by atoms with E-state index in [2.05, 4.69) is 5.16 Å². The Labute approximate surface area is 160 Å². The molecule has 9 heteroatoms. The third kappa shape index (κ3) is 3.29. The van der Waals surface area contributed by atoms with Gasteiger partial charge in [0, 0.05) is 23.8 Å². The highest BCUT2D eigenvalue weighted by Crippen LogP contribution is 2.50. The highest BCUT2D eigenvalue weighted by Gasteiger charge is 2.24. The van der Waals surface area contributed by atoms with Crippen molar-refractivity contribution in [3.8, 4) is 45.6 Å². The smallest absolute Gasteiger partial charge is 0.269 e. The fourth-order valence-electron chi connectivity index (χ4n) is 2.81. The fourth-order valence-corrected chi connectivity index (χ4v) is 2.81. The fraction of sp³-hybridized carbons (Fsp3) is 0.211. The highest BCUT2D eigenvalue weighted by atomic mass is 16.6. The van der Waals surface area contributed by atoms with Gasteiger partial charge in [-0.1, -0.05) is 5.16 Å². The molecule has 0 saturated carbocycles. The van der Waals surface area contributed by atoms with E-state index in [1.165, 1.54) is 40.6 Å². The van der Waals surface area contributed by atoms with E-state index in [1.807, 2.05) is 0 Å². The summed E-state index contributed by atoms with van der Waals surface area (Å²) in [6, 6.07) is 9.39. The Morgan fingerprint density at radius 3 is 2.07 bits per heavy atom. The molecule has 0 spiro atoms. The number of nitro groups is 1. The molecule has 28 heavy (non-hydrogen) atoms. The Morgan fingerprint density at radius 1 is 0.893 bits per heavy atom. The van der Waals surface area contributed by atoms with Gasteiger partial charge in [0.2, 0.25) is 11.5 Å². The van der Waals surface area contributed by atoms with Crippen molar-refractivity contribution < 1.29 is 28.4 Å². The van der Waals surface area contributed by atoms with Gasteiger partial charge >= 0.3 is 0 Å². The monoisotopic (exact) mass is 386 g/mol. The van der Waals surface area contributed by atoms with Crippen molar-refractivity contribution in [3.63, 3.8) is 0 Å². The Balaban J connectivity index is 2.08. The van der Waals surface area contributed by atoms with Gasteiger partial charge in [0.25, 0.3) is 5.69 Å². The first-order chi connectivity index (χ1) is 13.5. The van der Waals surface area contributed by atoms with Crippen molar-refractivity contribution in [1.82, 2.24) is 5.16 Å². The number of ether oxygens (including phenoxy) is 4. The molecule has 0 unspecified atom stereocenters. The van der Waals surface area contributed by atoms with Gasteiger partial charge < -0.3 is 23.5 Å². The average Bonchev–Trinajstić information content (AvgIpc) is 3.21. The lowest BCUT2D eigenvalue weighted by Crippen LogP contribution is -1.99. The summed E-state index contributed by atoms with van der Waals surface area (Å²) in [7, 11) is 6.01. The van der Waals surface area contributed by atoms with Crippen LogP contribution in [0.4, 0.5) is 5.69 Å². The summed E-state index contributed by atoms with van der Waals surface area (Å²) in [6.45, 7) is 0. The summed E-state index contributed by atoms with van der Waals surface area (Å²) < 4.78 is 27.1. The summed E-state index contributed by atoms with van der Waals surface area (Å²) in [5, 5.41) is 14.9. The summed E-state index contributed by atoms with van der Waals surface area (Å²) in [5.74, 6) is 2.04. The van der Waals surface area contributed by atoms with Crippen LogP contribution in [0.2, 0.25) is 0 Å². The molecule has 3 rings (SSSR count). The molecule has 0 aliphatic heterocycles. The first-order valence-corrected chi connectivity index (χ1v) is 8.12. The topological polar surface area (TPSA) is 106 Å². The van der Waals surface area contributed by atoms with E-state index < -0.39 is 4.92 Å². The average molecular weight is 386 g/mol. The van der Waals surface area contributed by atoms with Crippen molar-refractivity contribution in [3.05, 3.63) is 46.5 Å². The maximum atomic E-state index is 10.8. The van der Waals surface area contributed by atoms with E-state index in [9.17, 15) is 10.1 Å². The van der Waals surface area contributed by atoms with Crippen LogP contribution in [0.15, 0.2) is 40.9 Å². The second-order valence-electron chi connectivity index (χ2n) is 5.61. The molecule has 0 saturated heterocycles. The first kappa shape index (κ1) is 19.0. The Bertz CT molecular complexity index is 996. The van der Waals surface area contributed by atoms with E-state index in [-0.39, 0.29) is 5.69 Å². The minimum atomic E-state index is -0.462. The van der Waals surface area contributed by atoms with Crippen molar-refractivity contribution in [2.45, 2.75) is 0 Å². The SMILES string of the molecule is COc1cc(-c2cc(-c3ccc([N+](=O)[O-])cc3)on2)c(OC)c(OC)c1OC. The zero-order chi connectivity index (χ0) is 20.3. The van der Waals surface area contributed by atoms with Gasteiger partial charge in [0.05, 0.1) is 38.9 Å². The number of benzene rings is 2. The molecule has 0 bridgehead atoms. The summed E-state index contributed by atoms with van der Waals surface area (Å²) in [4.78, 5) is 10.3. The van der Waals surface area contributed by atoms with E-state index in [4.69, 9.17) is 23.5 Å². The molecule has 0 aliphatic carbocycles. The largest absolute Gasteiger partial charge is 0.493 e. The quantitative estimate of drug-likeness (QED) is 0.444. The lowest BCUT2D eigenvalue weighted by Gasteiger charge is -2.17. The van der Waals surface area contributed by atoms with Gasteiger partial charge in [-0.15, -0.1) is 0 Å². The standard InChI is InChI=1S/C19H18N2O7/c1-24-16-9-13(17(25-2)19(27-4)18(16)26-3)14-10-15(28-20-14)11-5-7-12(8-6-11)21(22)23/h5-10H,1-4H3. The number of methoxy groups -OCH3 is 4. The van der Waals surface area contributed by atoms with Crippen molar-refractivity contribution in [1.29, 1.82) is 0 Å². The number of non-ortho nitro benzene ring substituents is 1. The minimum Gasteiger partial charge on any atom is -0.493 e. The zero-order valence-electron chi connectivity index (χ0n) is 15.7. The lowest BCUT2D eigenvalue weighted by molar-refractivity contribution is -0.384. The molecule has 2 aromatic carbocycles. The number of rotatable bonds is 7. The van der Waals surface area contributed by atoms with Gasteiger partial charge in [-0.2, -0.15) is 0 Å². The number of nitro benzene ring substituents is 1. The van der Waals surface area contributed by atoms with Crippen LogP contribution in [0.1, 0.15) is 0 Å². The Hall–Kier alpha value is -3.75. The van der Waals surface area contributed by atoms with E-state index >= 15 is 0 Å². The molecule has 0 atom stereocenters. The maximum Gasteiger partial charge on any atom is 0.269 e. The van der Waals surface area contributed by atoms with Crippen LogP contribution >= 0.6 is 0 Å². The second-order valence-corrected chi connectivity index (χ2v) is 5.61. The summed E-state index contributed by atoms with van der Waals surface area (Å²) in [5.41, 5.74) is 1.70. The van der Waals surface area contributed by atoms with E-state index in [0.29, 0.717) is 45.6 Å². The molecule has 1 aromatic heterocycles. The number of nitrogens with zero attached hydrogens (tertiary/aromatic N) is 2. The second kappa shape index (κ2) is 7.87. The van der Waals surface area contributed by atoms with E-state index in [0.717, 1.165) is 0 Å². The summed E-state index contributed by atoms with van der Waals surface area (Å²) in [6.07, 6.45) is 0. The van der Waals surface area contributed by atoms with Gasteiger partial charge in [0.1, 0.15) is 5.69 Å². The first-order valence-electron chi connectivity index (χ1n) is 8.12. The number of hydrogen-bond acceptors (Lipinski definition) is 8. The Morgan fingerprint density at radius 2 is 1.54 bits per heavy atom. The van der Waals surface area contributed by atoms with Crippen LogP contribution in [0.25, 0.3) is 22.6 Å². The van der Waals surface area contributed by atoms with Crippen molar-refractivity contribution >= 4 is 5.69 Å². The molecule has 0 amide bonds. The molecule has 3 aromatic rings. The third-order valence-corrected chi connectivity index (χ3v) is 4.14. The van der Waals surface area contributed by atoms with Crippen LogP contribution in [0, 0.1) is 10.1 Å². The maximum absolute atomic E-state index is 10.8. The molecule has 9 nitrogen and oxygen atoms in total. The van der Waals surface area contributed by atoms with Crippen LogP contribution in [-0.2, 0) is 0 Å². The van der Waals surface area contributed by atoms with Gasteiger partial charge in [-0.25, -0.2) is 0 Å². The minimum absolute atomic E-state index is 0.00483. The van der Waals surface area contributed by atoms with Crippen molar-refractivity contribution in [2.24, 2.45) is 0 Å². The van der Waals surface area contributed by atoms with Gasteiger partial charge in [0.15, 0.2) is 17.3 Å². The molecule has 0 fully saturated rings. The van der Waals surface area contributed by atoms with Crippen molar-refractivity contribution in [2.75, 3.05) is 28.4 Å². The van der Waals surface area contributed by atoms with Crippen LogP contribution in [-0.4, -0.2) is 38.5 Å². The van der Waals surface area contributed by atoms with Crippen LogP contribution in [0.5, 0.6) is 23.0 Å². The van der Waals surface area contributed by atoms with Crippen LogP contribution < -0.4 is 18.9 Å². The predicted molar refractivity (Wildman–Crippen MR) is 100 cm³/mol. The lowest BCUT2D eigenvalue weighted by atomic mass is 10.1. The molecule has 0 radical (unpaired) electrons. The summed E-state index contributed by atoms with van der Waals surface area (Å²) >= 11 is 0. The number of hydrogen-bond donors (Lipinski definition) is 0. The number of aromatic nitrogens is 1. The molecule has 0 aliphatic rings. The van der Waals surface area contributed by atoms with Crippen LogP contribution in [0.3, 0.4) is 0 Å². The van der Waals surface area contributed by atoms with Gasteiger partial charge in [-0.05, 0) is 18.2 Å². The molecule has 0 N–H and O–H groups in total. The van der Waals surface area contributed by atoms with E-state index in [1.54, 1.807) is 24.3 Å². The molecule has 146 valence electrons. The Kier molecular flexibility index (Phi) is 5.35.